The van der Waals surface area contributed by atoms with Crippen LogP contribution in [0.25, 0.3) is 0 Å². The maximum Gasteiger partial charge on any atom is 0.122 e. The molecule has 0 aromatic heterocycles. The molecule has 16 heavy (non-hydrogen) atoms. The van der Waals surface area contributed by atoms with E-state index < -0.39 is 0 Å². The van der Waals surface area contributed by atoms with Crippen molar-refractivity contribution in [3.05, 3.63) is 29.3 Å². The molecule has 0 unspecified atom stereocenters. The predicted molar refractivity (Wildman–Crippen MR) is 63.5 cm³/mol. The molecular weight excluding hydrogens is 198 g/mol. The lowest BCUT2D eigenvalue weighted by Crippen LogP contribution is -2.19. The number of aryl methyl sites for hydroxylation is 1. The highest BCUT2D eigenvalue weighted by atomic mass is 16.5. The summed E-state index contributed by atoms with van der Waals surface area (Å²) in [7, 11) is 1.68. The number of hydrogen-bond acceptors (Lipinski definition) is 2. The minimum atomic E-state index is -0.263. The Balaban J connectivity index is 2.44. The average Bonchev–Trinajstić information content (AvgIpc) is 2.79. The Labute approximate surface area is 96.9 Å². The van der Waals surface area contributed by atoms with Crippen molar-refractivity contribution in [1.82, 2.24) is 0 Å². The summed E-state index contributed by atoms with van der Waals surface area (Å²) >= 11 is 0. The fourth-order valence-electron chi connectivity index (χ4n) is 2.56. The number of nitriles is 1. The number of hydrogen-bond donors (Lipinski definition) is 0. The molecule has 0 amide bonds. The van der Waals surface area contributed by atoms with Crippen molar-refractivity contribution < 1.29 is 4.74 Å². The standard InChI is InChI=1S/C14H17NO/c1-11-5-6-12(9-13(11)16-2)14(10-15)7-3-4-8-14/h5-6,9H,3-4,7-8H2,1-2H3. The Morgan fingerprint density at radius 2 is 2.00 bits per heavy atom. The van der Waals surface area contributed by atoms with E-state index in [0.717, 1.165) is 42.6 Å². The van der Waals surface area contributed by atoms with Crippen LogP contribution in [-0.4, -0.2) is 7.11 Å². The first-order valence-corrected chi connectivity index (χ1v) is 5.78. The first-order chi connectivity index (χ1) is 7.72. The van der Waals surface area contributed by atoms with Gasteiger partial charge in [0.25, 0.3) is 0 Å². The second kappa shape index (κ2) is 4.17. The van der Waals surface area contributed by atoms with Gasteiger partial charge in [-0.05, 0) is 37.0 Å². The van der Waals surface area contributed by atoms with Gasteiger partial charge in [0.05, 0.1) is 18.6 Å². The molecule has 0 spiro atoms. The first kappa shape index (κ1) is 11.0. The van der Waals surface area contributed by atoms with Crippen LogP contribution >= 0.6 is 0 Å². The first-order valence-electron chi connectivity index (χ1n) is 5.78. The Kier molecular flexibility index (Phi) is 2.87. The van der Waals surface area contributed by atoms with Gasteiger partial charge in [-0.1, -0.05) is 25.0 Å². The molecule has 1 aliphatic rings. The fraction of sp³-hybridized carbons (Fsp3) is 0.500. The number of nitrogens with zero attached hydrogens (tertiary/aromatic N) is 1. The van der Waals surface area contributed by atoms with Crippen molar-refractivity contribution in [3.63, 3.8) is 0 Å². The predicted octanol–water partition coefficient (Wildman–Crippen LogP) is 3.34. The maximum atomic E-state index is 9.41. The summed E-state index contributed by atoms with van der Waals surface area (Å²) in [6.45, 7) is 2.02. The van der Waals surface area contributed by atoms with E-state index >= 15 is 0 Å². The Bertz CT molecular complexity index is 425. The van der Waals surface area contributed by atoms with Crippen molar-refractivity contribution in [2.24, 2.45) is 0 Å². The van der Waals surface area contributed by atoms with Gasteiger partial charge in [-0.2, -0.15) is 5.26 Å². The van der Waals surface area contributed by atoms with Crippen molar-refractivity contribution >= 4 is 0 Å². The Morgan fingerprint density at radius 1 is 1.31 bits per heavy atom. The van der Waals surface area contributed by atoms with Crippen LogP contribution in [-0.2, 0) is 5.41 Å². The minimum Gasteiger partial charge on any atom is -0.496 e. The summed E-state index contributed by atoms with van der Waals surface area (Å²) in [4.78, 5) is 0. The summed E-state index contributed by atoms with van der Waals surface area (Å²) < 4.78 is 5.33. The molecule has 2 rings (SSSR count). The molecule has 0 N–H and O–H groups in total. The van der Waals surface area contributed by atoms with Gasteiger partial charge in [0.15, 0.2) is 0 Å². The van der Waals surface area contributed by atoms with Crippen LogP contribution in [0.5, 0.6) is 5.75 Å². The molecule has 0 aliphatic heterocycles. The van der Waals surface area contributed by atoms with E-state index in [1.165, 1.54) is 0 Å². The summed E-state index contributed by atoms with van der Waals surface area (Å²) in [5.41, 5.74) is 1.98. The molecule has 0 atom stereocenters. The third-order valence-corrected chi connectivity index (χ3v) is 3.63. The van der Waals surface area contributed by atoms with Gasteiger partial charge in [0.1, 0.15) is 5.75 Å². The molecule has 1 saturated carbocycles. The zero-order chi connectivity index (χ0) is 11.6. The van der Waals surface area contributed by atoms with E-state index in [9.17, 15) is 5.26 Å². The number of ether oxygens (including phenoxy) is 1. The van der Waals surface area contributed by atoms with Crippen LogP contribution in [0.4, 0.5) is 0 Å². The molecular formula is C14H17NO. The highest BCUT2D eigenvalue weighted by molar-refractivity contribution is 5.43. The monoisotopic (exact) mass is 215 g/mol. The van der Waals surface area contributed by atoms with E-state index in [1.807, 2.05) is 19.1 Å². The molecule has 1 aromatic rings. The van der Waals surface area contributed by atoms with Gasteiger partial charge in [-0.25, -0.2) is 0 Å². The number of rotatable bonds is 2. The quantitative estimate of drug-likeness (QED) is 0.758. The van der Waals surface area contributed by atoms with Gasteiger partial charge < -0.3 is 4.74 Å². The van der Waals surface area contributed by atoms with Gasteiger partial charge in [0.2, 0.25) is 0 Å². The van der Waals surface area contributed by atoms with E-state index in [-0.39, 0.29) is 5.41 Å². The van der Waals surface area contributed by atoms with E-state index in [2.05, 4.69) is 12.1 Å². The highest BCUT2D eigenvalue weighted by Crippen LogP contribution is 2.41. The minimum absolute atomic E-state index is 0.263. The van der Waals surface area contributed by atoms with E-state index in [1.54, 1.807) is 7.11 Å². The molecule has 1 fully saturated rings. The summed E-state index contributed by atoms with van der Waals surface area (Å²) in [5, 5.41) is 9.41. The second-order valence-corrected chi connectivity index (χ2v) is 4.59. The molecule has 84 valence electrons. The maximum absolute atomic E-state index is 9.41. The molecule has 1 aromatic carbocycles. The molecule has 2 heteroatoms. The Hall–Kier alpha value is -1.49. The molecule has 1 aliphatic carbocycles. The SMILES string of the molecule is COc1cc(C2(C#N)CCCC2)ccc1C. The van der Waals surface area contributed by atoms with Crippen molar-refractivity contribution in [2.45, 2.75) is 38.0 Å². The second-order valence-electron chi connectivity index (χ2n) is 4.59. The topological polar surface area (TPSA) is 33.0 Å². The third kappa shape index (κ3) is 1.67. The molecule has 0 saturated heterocycles. The van der Waals surface area contributed by atoms with E-state index in [0.29, 0.717) is 0 Å². The average molecular weight is 215 g/mol. The van der Waals surface area contributed by atoms with Crippen LogP contribution in [0, 0.1) is 18.3 Å². The molecule has 0 radical (unpaired) electrons. The van der Waals surface area contributed by atoms with Gasteiger partial charge in [0, 0.05) is 0 Å². The van der Waals surface area contributed by atoms with E-state index in [4.69, 9.17) is 4.74 Å². The normalized spacial score (nSPS) is 18.1. The lowest BCUT2D eigenvalue weighted by molar-refractivity contribution is 0.409. The van der Waals surface area contributed by atoms with Gasteiger partial charge in [-0.15, -0.1) is 0 Å². The highest BCUT2D eigenvalue weighted by Gasteiger charge is 2.36. The Morgan fingerprint density at radius 3 is 2.56 bits per heavy atom. The van der Waals surface area contributed by atoms with Crippen molar-refractivity contribution in [3.8, 4) is 11.8 Å². The van der Waals surface area contributed by atoms with Crippen LogP contribution in [0.1, 0.15) is 36.8 Å². The fourth-order valence-corrected chi connectivity index (χ4v) is 2.56. The lowest BCUT2D eigenvalue weighted by Gasteiger charge is -2.21. The van der Waals surface area contributed by atoms with Crippen LogP contribution in [0.2, 0.25) is 0 Å². The summed E-state index contributed by atoms with van der Waals surface area (Å²) in [6, 6.07) is 8.66. The zero-order valence-corrected chi connectivity index (χ0v) is 9.92. The lowest BCUT2D eigenvalue weighted by atomic mass is 9.80. The molecule has 0 heterocycles. The van der Waals surface area contributed by atoms with Crippen LogP contribution < -0.4 is 4.74 Å². The van der Waals surface area contributed by atoms with Crippen molar-refractivity contribution in [1.29, 1.82) is 5.26 Å². The largest absolute Gasteiger partial charge is 0.496 e. The number of methoxy groups -OCH3 is 1. The number of benzene rings is 1. The van der Waals surface area contributed by atoms with Gasteiger partial charge in [-0.3, -0.25) is 0 Å². The smallest absolute Gasteiger partial charge is 0.122 e. The third-order valence-electron chi connectivity index (χ3n) is 3.63. The summed E-state index contributed by atoms with van der Waals surface area (Å²) in [5.74, 6) is 0.888. The summed E-state index contributed by atoms with van der Waals surface area (Å²) in [6.07, 6.45) is 4.28. The van der Waals surface area contributed by atoms with Gasteiger partial charge >= 0.3 is 0 Å². The zero-order valence-electron chi connectivity index (χ0n) is 9.92. The molecule has 0 bridgehead atoms. The van der Waals surface area contributed by atoms with Crippen molar-refractivity contribution in [2.75, 3.05) is 7.11 Å². The van der Waals surface area contributed by atoms with Crippen LogP contribution in [0.15, 0.2) is 18.2 Å². The molecule has 2 nitrogen and oxygen atoms in total. The van der Waals surface area contributed by atoms with Crippen LogP contribution in [0.3, 0.4) is 0 Å².